The molecular formula is C15H21N3O. The summed E-state index contributed by atoms with van der Waals surface area (Å²) in [5.74, 6) is 1.96. The van der Waals surface area contributed by atoms with Crippen molar-refractivity contribution < 1.29 is 5.11 Å². The Balaban J connectivity index is 1.75. The molecule has 2 aromatic rings. The summed E-state index contributed by atoms with van der Waals surface area (Å²) in [6.07, 6.45) is 5.27. The lowest BCUT2D eigenvalue weighted by molar-refractivity contribution is 0.190. The smallest absolute Gasteiger partial charge is 0.197 e. The first kappa shape index (κ1) is 12.5. The van der Waals surface area contributed by atoms with Gasteiger partial charge in [0.1, 0.15) is 5.82 Å². The first-order valence-corrected chi connectivity index (χ1v) is 7.14. The second-order valence-corrected chi connectivity index (χ2v) is 5.40. The molecule has 4 heteroatoms. The number of rotatable bonds is 3. The van der Waals surface area contributed by atoms with Crippen molar-refractivity contribution in [2.45, 2.75) is 26.2 Å². The Labute approximate surface area is 113 Å². The van der Waals surface area contributed by atoms with E-state index in [0.29, 0.717) is 5.92 Å². The molecule has 0 aliphatic carbocycles. The van der Waals surface area contributed by atoms with Gasteiger partial charge in [0.15, 0.2) is 5.88 Å². The molecule has 102 valence electrons. The number of likely N-dealkylation sites (tertiary alicyclic amines) is 1. The van der Waals surface area contributed by atoms with Gasteiger partial charge in [-0.05, 0) is 50.5 Å². The molecule has 0 amide bonds. The molecule has 1 aliphatic rings. The van der Waals surface area contributed by atoms with Crippen LogP contribution >= 0.6 is 0 Å². The van der Waals surface area contributed by atoms with E-state index in [1.54, 1.807) is 6.07 Å². The highest BCUT2D eigenvalue weighted by molar-refractivity contribution is 5.48. The van der Waals surface area contributed by atoms with Gasteiger partial charge in [0.2, 0.25) is 0 Å². The largest absolute Gasteiger partial charge is 0.494 e. The van der Waals surface area contributed by atoms with Crippen molar-refractivity contribution in [1.29, 1.82) is 0 Å². The van der Waals surface area contributed by atoms with Crippen LogP contribution in [0.1, 0.15) is 25.6 Å². The first-order valence-electron chi connectivity index (χ1n) is 7.14. The quantitative estimate of drug-likeness (QED) is 0.919. The molecular weight excluding hydrogens is 238 g/mol. The third-order valence-corrected chi connectivity index (χ3v) is 4.23. The minimum absolute atomic E-state index is 0.288. The summed E-state index contributed by atoms with van der Waals surface area (Å²) in [6, 6.07) is 5.56. The molecule has 19 heavy (non-hydrogen) atoms. The van der Waals surface area contributed by atoms with Gasteiger partial charge in [-0.3, -0.25) is 4.40 Å². The number of hydrogen-bond acceptors (Lipinski definition) is 3. The fraction of sp³-hybridized carbons (Fsp3) is 0.533. The number of fused-ring (bicyclic) bond motifs is 1. The average molecular weight is 259 g/mol. The van der Waals surface area contributed by atoms with E-state index in [9.17, 15) is 5.11 Å². The maximum Gasteiger partial charge on any atom is 0.197 e. The number of aromatic nitrogens is 2. The normalized spacial score (nSPS) is 18.2. The van der Waals surface area contributed by atoms with Crippen molar-refractivity contribution in [3.05, 3.63) is 30.2 Å². The number of aromatic hydroxyl groups is 1. The lowest BCUT2D eigenvalue weighted by Gasteiger charge is -2.30. The molecule has 1 aliphatic heterocycles. The van der Waals surface area contributed by atoms with Crippen molar-refractivity contribution in [2.75, 3.05) is 19.6 Å². The third kappa shape index (κ3) is 2.45. The summed E-state index contributed by atoms with van der Waals surface area (Å²) in [4.78, 5) is 6.98. The van der Waals surface area contributed by atoms with Gasteiger partial charge in [0.25, 0.3) is 0 Å². The van der Waals surface area contributed by atoms with Gasteiger partial charge in [-0.25, -0.2) is 4.98 Å². The van der Waals surface area contributed by atoms with Gasteiger partial charge in [0.05, 0.1) is 11.7 Å². The van der Waals surface area contributed by atoms with Gasteiger partial charge in [-0.2, -0.15) is 0 Å². The van der Waals surface area contributed by atoms with Crippen LogP contribution in [0, 0.1) is 5.92 Å². The Morgan fingerprint density at radius 3 is 2.84 bits per heavy atom. The summed E-state index contributed by atoms with van der Waals surface area (Å²) < 4.78 is 1.87. The molecule has 0 saturated carbocycles. The molecule has 4 nitrogen and oxygen atoms in total. The maximum atomic E-state index is 9.97. The summed E-state index contributed by atoms with van der Waals surface area (Å²) in [6.45, 7) is 5.76. The van der Waals surface area contributed by atoms with E-state index in [0.717, 1.165) is 24.3 Å². The molecule has 0 spiro atoms. The molecule has 0 atom stereocenters. The van der Waals surface area contributed by atoms with Crippen LogP contribution in [-0.4, -0.2) is 39.0 Å². The van der Waals surface area contributed by atoms with Gasteiger partial charge < -0.3 is 10.0 Å². The fourth-order valence-electron chi connectivity index (χ4n) is 3.00. The number of pyridine rings is 1. The predicted octanol–water partition coefficient (Wildman–Crippen LogP) is 2.31. The van der Waals surface area contributed by atoms with E-state index in [4.69, 9.17) is 0 Å². The van der Waals surface area contributed by atoms with Crippen LogP contribution in [-0.2, 0) is 6.42 Å². The highest BCUT2D eigenvalue weighted by atomic mass is 16.3. The van der Waals surface area contributed by atoms with E-state index < -0.39 is 0 Å². The second-order valence-electron chi connectivity index (χ2n) is 5.40. The Morgan fingerprint density at radius 1 is 1.32 bits per heavy atom. The van der Waals surface area contributed by atoms with Crippen molar-refractivity contribution in [3.63, 3.8) is 0 Å². The Morgan fingerprint density at radius 2 is 2.11 bits per heavy atom. The molecule has 1 N–H and O–H groups in total. The van der Waals surface area contributed by atoms with Crippen molar-refractivity contribution in [3.8, 4) is 5.88 Å². The predicted molar refractivity (Wildman–Crippen MR) is 75.4 cm³/mol. The molecule has 1 saturated heterocycles. The van der Waals surface area contributed by atoms with Gasteiger partial charge in [-0.15, -0.1) is 0 Å². The third-order valence-electron chi connectivity index (χ3n) is 4.23. The lowest BCUT2D eigenvalue weighted by Crippen LogP contribution is -2.34. The molecule has 3 heterocycles. The minimum atomic E-state index is 0.288. The zero-order valence-corrected chi connectivity index (χ0v) is 11.4. The molecule has 3 rings (SSSR count). The summed E-state index contributed by atoms with van der Waals surface area (Å²) >= 11 is 0. The van der Waals surface area contributed by atoms with Crippen LogP contribution in [0.3, 0.4) is 0 Å². The van der Waals surface area contributed by atoms with E-state index >= 15 is 0 Å². The molecule has 0 radical (unpaired) electrons. The zero-order valence-electron chi connectivity index (χ0n) is 11.4. The van der Waals surface area contributed by atoms with Crippen LogP contribution < -0.4 is 0 Å². The molecule has 2 aromatic heterocycles. The first-order chi connectivity index (χ1) is 9.28. The lowest BCUT2D eigenvalue weighted by atomic mass is 9.93. The van der Waals surface area contributed by atoms with Crippen LogP contribution in [0.2, 0.25) is 0 Å². The molecule has 0 unspecified atom stereocenters. The van der Waals surface area contributed by atoms with Gasteiger partial charge in [0, 0.05) is 6.42 Å². The monoisotopic (exact) mass is 259 g/mol. The Kier molecular flexibility index (Phi) is 3.42. The van der Waals surface area contributed by atoms with Crippen molar-refractivity contribution in [2.24, 2.45) is 5.92 Å². The zero-order chi connectivity index (χ0) is 13.2. The van der Waals surface area contributed by atoms with Crippen LogP contribution in [0.15, 0.2) is 24.4 Å². The number of hydrogen-bond donors (Lipinski definition) is 1. The van der Waals surface area contributed by atoms with Crippen LogP contribution in [0.25, 0.3) is 5.52 Å². The highest BCUT2D eigenvalue weighted by Crippen LogP contribution is 2.23. The highest BCUT2D eigenvalue weighted by Gasteiger charge is 2.20. The van der Waals surface area contributed by atoms with Gasteiger partial charge in [-0.1, -0.05) is 13.0 Å². The molecule has 1 fully saturated rings. The van der Waals surface area contributed by atoms with Crippen molar-refractivity contribution >= 4 is 5.52 Å². The van der Waals surface area contributed by atoms with E-state index in [2.05, 4.69) is 16.8 Å². The maximum absolute atomic E-state index is 9.97. The summed E-state index contributed by atoms with van der Waals surface area (Å²) in [7, 11) is 0. The number of imidazole rings is 1. The van der Waals surface area contributed by atoms with Gasteiger partial charge >= 0.3 is 0 Å². The van der Waals surface area contributed by atoms with E-state index in [1.807, 2.05) is 22.7 Å². The SMILES string of the molecule is CCN1CCC(Cc2ncc3cccc(O)n23)CC1. The van der Waals surface area contributed by atoms with Crippen molar-refractivity contribution in [1.82, 2.24) is 14.3 Å². The van der Waals surface area contributed by atoms with Crippen LogP contribution in [0.5, 0.6) is 5.88 Å². The molecule has 0 aromatic carbocycles. The Bertz CT molecular complexity index is 556. The average Bonchev–Trinajstić information content (AvgIpc) is 2.84. The number of piperidine rings is 1. The Hall–Kier alpha value is -1.55. The summed E-state index contributed by atoms with van der Waals surface area (Å²) in [5.41, 5.74) is 0.973. The fourth-order valence-corrected chi connectivity index (χ4v) is 3.00. The van der Waals surface area contributed by atoms with Crippen LogP contribution in [0.4, 0.5) is 0 Å². The minimum Gasteiger partial charge on any atom is -0.494 e. The number of nitrogens with zero attached hydrogens (tertiary/aromatic N) is 3. The topological polar surface area (TPSA) is 40.8 Å². The van der Waals surface area contributed by atoms with E-state index in [-0.39, 0.29) is 5.88 Å². The summed E-state index contributed by atoms with van der Waals surface area (Å²) in [5, 5.41) is 9.97. The standard InChI is InChI=1S/C15H21N3O/c1-2-17-8-6-12(7-9-17)10-14-16-11-13-4-3-5-15(19)18(13)14/h3-5,11-12,19H,2,6-10H2,1H3. The second kappa shape index (κ2) is 5.21. The molecule has 0 bridgehead atoms. The van der Waals surface area contributed by atoms with E-state index in [1.165, 1.54) is 25.9 Å².